The summed E-state index contributed by atoms with van der Waals surface area (Å²) in [6.45, 7) is 5.94. The van der Waals surface area contributed by atoms with Gasteiger partial charge in [0.1, 0.15) is 5.75 Å². The fourth-order valence-electron chi connectivity index (χ4n) is 0.945. The molecule has 0 aromatic heterocycles. The average molecular weight is 683 g/mol. The molecule has 0 spiro atoms. The zero-order valence-electron chi connectivity index (χ0n) is 10.5. The molecule has 0 bridgehead atoms. The summed E-state index contributed by atoms with van der Waals surface area (Å²) >= 11 is 0. The summed E-state index contributed by atoms with van der Waals surface area (Å²) in [5.41, 5.74) is 3.32. The first-order chi connectivity index (χ1) is 4.61. The van der Waals surface area contributed by atoms with Crippen LogP contribution in [-0.2, 0) is 21.1 Å². The van der Waals surface area contributed by atoms with Gasteiger partial charge in [-0.05, 0) is 43.5 Å². The molecule has 1 N–H and O–H groups in total. The fraction of sp³-hybridized carbons (Fsp3) is 0.471. The Balaban J connectivity index is -0.0000000125. The van der Waals surface area contributed by atoms with Crippen molar-refractivity contribution < 1.29 is 57.3 Å². The summed E-state index contributed by atoms with van der Waals surface area (Å²) < 4.78 is 0. The van der Waals surface area contributed by atoms with Crippen LogP contribution in [0.2, 0.25) is 0 Å². The van der Waals surface area contributed by atoms with Crippen LogP contribution in [0.3, 0.4) is 0 Å². The van der Waals surface area contributed by atoms with Gasteiger partial charge in [-0.2, -0.15) is 0 Å². The van der Waals surface area contributed by atoms with Crippen molar-refractivity contribution in [1.29, 1.82) is 0 Å². The van der Waals surface area contributed by atoms with Crippen LogP contribution in [0, 0.1) is 74.2 Å². The van der Waals surface area contributed by atoms with Crippen molar-refractivity contribution in [3.63, 3.8) is 0 Å². The van der Waals surface area contributed by atoms with Gasteiger partial charge >= 0.3 is 21.1 Å². The maximum atomic E-state index is 9.22. The Kier molecular flexibility index (Phi) is 112. The zero-order chi connectivity index (χ0) is 7.72. The number of phenols is 1. The Labute approximate surface area is 171 Å². The molecule has 0 saturated heterocycles. The SMILES string of the molecule is C.C.C.C.C.Cc1cc(C)c(O)cc1C.[CH3-].[CH3-].[CH3-].[U].[W+2]. The van der Waals surface area contributed by atoms with E-state index in [4.69, 9.17) is 0 Å². The van der Waals surface area contributed by atoms with Gasteiger partial charge < -0.3 is 27.4 Å². The first kappa shape index (κ1) is 70.0. The molecule has 0 aliphatic carbocycles. The van der Waals surface area contributed by atoms with Gasteiger partial charge in [-0.3, -0.25) is 0 Å². The van der Waals surface area contributed by atoms with E-state index in [9.17, 15) is 5.11 Å². The second-order valence-corrected chi connectivity index (χ2v) is 2.72. The van der Waals surface area contributed by atoms with E-state index in [1.165, 1.54) is 5.56 Å². The normalized spacial score (nSPS) is 4.95. The van der Waals surface area contributed by atoms with Crippen LogP contribution in [0.25, 0.3) is 0 Å². The summed E-state index contributed by atoms with van der Waals surface area (Å²) in [6, 6.07) is 3.79. The van der Waals surface area contributed by atoms with E-state index in [0.29, 0.717) is 5.75 Å². The third kappa shape index (κ3) is 21.1. The Morgan fingerprint density at radius 3 is 1.15 bits per heavy atom. The van der Waals surface area contributed by atoms with Crippen LogP contribution in [0.1, 0.15) is 53.8 Å². The molecule has 20 heavy (non-hydrogen) atoms. The minimum Gasteiger partial charge on any atom is -0.508 e. The zero-order valence-corrected chi connectivity index (χ0v) is 17.6. The smallest absolute Gasteiger partial charge is 0.508 e. The third-order valence-corrected chi connectivity index (χ3v) is 1.81. The quantitative estimate of drug-likeness (QED) is 0.297. The van der Waals surface area contributed by atoms with E-state index in [1.807, 2.05) is 26.8 Å². The molecular formula is C17H41OUW-. The summed E-state index contributed by atoms with van der Waals surface area (Å²) in [7, 11) is 0. The molecule has 0 radical (unpaired) electrons. The van der Waals surface area contributed by atoms with Crippen molar-refractivity contribution in [1.82, 2.24) is 0 Å². The predicted octanol–water partition coefficient (Wildman–Crippen LogP) is 6.85. The van der Waals surface area contributed by atoms with Crippen LogP contribution >= 0.6 is 0 Å². The summed E-state index contributed by atoms with van der Waals surface area (Å²) in [6.07, 6.45) is 0. The van der Waals surface area contributed by atoms with E-state index in [1.54, 1.807) is 6.07 Å². The van der Waals surface area contributed by atoms with Gasteiger partial charge in [-0.1, -0.05) is 43.2 Å². The summed E-state index contributed by atoms with van der Waals surface area (Å²) in [5, 5.41) is 9.22. The van der Waals surface area contributed by atoms with E-state index in [2.05, 4.69) is 0 Å². The second kappa shape index (κ2) is 31.9. The van der Waals surface area contributed by atoms with E-state index < -0.39 is 0 Å². The van der Waals surface area contributed by atoms with Gasteiger partial charge in [0, 0.05) is 31.1 Å². The molecule has 0 fully saturated rings. The molecule has 3 heteroatoms. The Hall–Kier alpha value is 0.760. The number of phenolic OH excluding ortho intramolecular Hbond substituents is 1. The van der Waals surface area contributed by atoms with E-state index >= 15 is 0 Å². The molecule has 126 valence electrons. The van der Waals surface area contributed by atoms with Crippen LogP contribution in [0.5, 0.6) is 5.75 Å². The minimum absolute atomic E-state index is 0. The number of benzene rings is 1. The second-order valence-electron chi connectivity index (χ2n) is 2.72. The maximum Gasteiger partial charge on any atom is 2.00 e. The van der Waals surface area contributed by atoms with Crippen LogP contribution in [0.4, 0.5) is 0 Å². The van der Waals surface area contributed by atoms with Crippen LogP contribution in [-0.4, -0.2) is 5.11 Å². The molecular weight excluding hydrogens is 642 g/mol. The van der Waals surface area contributed by atoms with Crippen molar-refractivity contribution in [2.75, 3.05) is 0 Å². The maximum absolute atomic E-state index is 9.22. The fourth-order valence-corrected chi connectivity index (χ4v) is 0.945. The van der Waals surface area contributed by atoms with E-state index in [0.717, 1.165) is 11.1 Å². The van der Waals surface area contributed by atoms with Crippen LogP contribution < -0.4 is 0 Å². The van der Waals surface area contributed by atoms with E-state index in [-0.39, 0.29) is 112 Å². The first-order valence-electron chi connectivity index (χ1n) is 3.38. The molecule has 0 aliphatic heterocycles. The van der Waals surface area contributed by atoms with Gasteiger partial charge in [-0.25, -0.2) is 0 Å². The summed E-state index contributed by atoms with van der Waals surface area (Å²) in [5.74, 6) is 0.392. The largest absolute Gasteiger partial charge is 2.00 e. The van der Waals surface area contributed by atoms with Crippen molar-refractivity contribution in [2.24, 2.45) is 0 Å². The van der Waals surface area contributed by atoms with Gasteiger partial charge in [0.05, 0.1) is 0 Å². The first-order valence-corrected chi connectivity index (χ1v) is 3.38. The van der Waals surface area contributed by atoms with Gasteiger partial charge in [0.2, 0.25) is 0 Å². The molecule has 0 atom stereocenters. The Morgan fingerprint density at radius 2 is 0.900 bits per heavy atom. The molecule has 1 aromatic carbocycles. The molecule has 0 amide bonds. The van der Waals surface area contributed by atoms with Crippen molar-refractivity contribution in [3.05, 3.63) is 51.1 Å². The van der Waals surface area contributed by atoms with Crippen LogP contribution in [0.15, 0.2) is 12.1 Å². The average Bonchev–Trinajstić information content (AvgIpc) is 1.84. The van der Waals surface area contributed by atoms with Gasteiger partial charge in [0.25, 0.3) is 0 Å². The molecule has 1 rings (SSSR count). The number of hydrogen-bond donors (Lipinski definition) is 1. The minimum atomic E-state index is 0. The number of hydrogen-bond acceptors (Lipinski definition) is 1. The molecule has 0 heterocycles. The number of aromatic hydroxyl groups is 1. The summed E-state index contributed by atoms with van der Waals surface area (Å²) in [4.78, 5) is 0. The van der Waals surface area contributed by atoms with Gasteiger partial charge in [-0.15, -0.1) is 0 Å². The molecule has 1 nitrogen and oxygen atoms in total. The molecule has 0 saturated carbocycles. The monoisotopic (exact) mass is 683 g/mol. The van der Waals surface area contributed by atoms with Gasteiger partial charge in [0.15, 0.2) is 0 Å². The predicted molar refractivity (Wildman–Crippen MR) is 95.2 cm³/mol. The topological polar surface area (TPSA) is 20.2 Å². The number of rotatable bonds is 0. The van der Waals surface area contributed by atoms with Crippen molar-refractivity contribution in [3.8, 4) is 5.75 Å². The molecule has 1 aromatic rings. The molecule has 0 unspecified atom stereocenters. The molecule has 0 aliphatic rings. The standard InChI is InChI=1S/C9H12O.5CH4.3CH3.U.W/c1-6-4-8(3)9(10)5-7(6)2;;;;;;;;;;/h4-5,10H,1-3H3;5*1H4;3*1H3;;/q;;;;;;3*-1;;+2. The van der Waals surface area contributed by atoms with Crippen molar-refractivity contribution >= 4 is 0 Å². The number of aryl methyl sites for hydroxylation is 3. The van der Waals surface area contributed by atoms with Crippen molar-refractivity contribution in [2.45, 2.75) is 57.9 Å². The Morgan fingerprint density at radius 1 is 0.650 bits per heavy atom. The Bertz CT molecular complexity index is 213. The third-order valence-electron chi connectivity index (χ3n) is 1.81.